The number of nitrogens with zero attached hydrogens (tertiary/aromatic N) is 1. The minimum Gasteiger partial charge on any atom is -0.381 e. The van der Waals surface area contributed by atoms with Gasteiger partial charge >= 0.3 is 0 Å². The third-order valence-corrected chi connectivity index (χ3v) is 4.98. The van der Waals surface area contributed by atoms with Crippen LogP contribution >= 0.6 is 0 Å². The van der Waals surface area contributed by atoms with Crippen molar-refractivity contribution < 1.29 is 4.74 Å². The standard InChI is InChI=1S/C15H30N2O/c1-11(2)16-9-12-6-7-17(10-12)13-8-14(18-5)15(13,3)4/h11-14,16H,6-10H2,1-5H3. The van der Waals surface area contributed by atoms with Crippen LogP contribution in [0.5, 0.6) is 0 Å². The molecule has 18 heavy (non-hydrogen) atoms. The molecule has 1 aliphatic heterocycles. The van der Waals surface area contributed by atoms with E-state index in [1.54, 1.807) is 0 Å². The first-order valence-corrected chi connectivity index (χ1v) is 7.45. The van der Waals surface area contributed by atoms with Crippen molar-refractivity contribution in [1.29, 1.82) is 0 Å². The summed E-state index contributed by atoms with van der Waals surface area (Å²) in [6.45, 7) is 12.9. The fourth-order valence-electron chi connectivity index (χ4n) is 3.60. The molecule has 0 aromatic rings. The summed E-state index contributed by atoms with van der Waals surface area (Å²) in [4.78, 5) is 2.70. The van der Waals surface area contributed by atoms with Crippen molar-refractivity contribution in [3.8, 4) is 0 Å². The first-order chi connectivity index (χ1) is 8.45. The molecule has 3 atom stereocenters. The zero-order valence-electron chi connectivity index (χ0n) is 12.7. The van der Waals surface area contributed by atoms with Gasteiger partial charge in [-0.2, -0.15) is 0 Å². The van der Waals surface area contributed by atoms with Gasteiger partial charge in [0.15, 0.2) is 0 Å². The van der Waals surface area contributed by atoms with E-state index >= 15 is 0 Å². The van der Waals surface area contributed by atoms with Crippen LogP contribution < -0.4 is 5.32 Å². The summed E-state index contributed by atoms with van der Waals surface area (Å²) in [6.07, 6.45) is 3.02. The van der Waals surface area contributed by atoms with E-state index in [-0.39, 0.29) is 0 Å². The second kappa shape index (κ2) is 5.48. The highest BCUT2D eigenvalue weighted by atomic mass is 16.5. The molecule has 2 fully saturated rings. The zero-order valence-corrected chi connectivity index (χ0v) is 12.7. The Labute approximate surface area is 112 Å². The fraction of sp³-hybridized carbons (Fsp3) is 1.00. The van der Waals surface area contributed by atoms with Crippen LogP contribution in [0.1, 0.15) is 40.5 Å². The van der Waals surface area contributed by atoms with Gasteiger partial charge in [0, 0.05) is 31.2 Å². The van der Waals surface area contributed by atoms with Crippen LogP contribution in [-0.2, 0) is 4.74 Å². The van der Waals surface area contributed by atoms with E-state index in [1.165, 1.54) is 32.5 Å². The lowest BCUT2D eigenvalue weighted by Gasteiger charge is -2.54. The molecule has 1 N–H and O–H groups in total. The molecule has 106 valence electrons. The molecule has 3 nitrogen and oxygen atoms in total. The topological polar surface area (TPSA) is 24.5 Å². The maximum atomic E-state index is 5.56. The molecular formula is C15H30N2O. The minimum absolute atomic E-state index is 0.328. The lowest BCUT2D eigenvalue weighted by molar-refractivity contribution is -0.133. The van der Waals surface area contributed by atoms with Crippen LogP contribution in [-0.4, -0.2) is 49.8 Å². The van der Waals surface area contributed by atoms with Gasteiger partial charge in [-0.05, 0) is 31.8 Å². The molecule has 3 unspecified atom stereocenters. The molecule has 1 saturated carbocycles. The molecule has 2 rings (SSSR count). The van der Waals surface area contributed by atoms with Gasteiger partial charge < -0.3 is 10.1 Å². The van der Waals surface area contributed by atoms with Crippen molar-refractivity contribution in [3.63, 3.8) is 0 Å². The average molecular weight is 254 g/mol. The number of hydrogen-bond donors (Lipinski definition) is 1. The fourth-order valence-corrected chi connectivity index (χ4v) is 3.60. The Morgan fingerprint density at radius 3 is 2.67 bits per heavy atom. The Morgan fingerprint density at radius 1 is 1.39 bits per heavy atom. The van der Waals surface area contributed by atoms with E-state index in [0.29, 0.717) is 17.6 Å². The molecule has 1 aliphatic carbocycles. The normalized spacial score (nSPS) is 36.0. The highest BCUT2D eigenvalue weighted by Gasteiger charge is 2.52. The van der Waals surface area contributed by atoms with Crippen molar-refractivity contribution in [2.75, 3.05) is 26.7 Å². The van der Waals surface area contributed by atoms with Crippen molar-refractivity contribution in [1.82, 2.24) is 10.2 Å². The highest BCUT2D eigenvalue weighted by Crippen LogP contribution is 2.46. The Hall–Kier alpha value is -0.120. The number of rotatable bonds is 5. The summed E-state index contributed by atoms with van der Waals surface area (Å²) in [5, 5.41) is 3.57. The Morgan fingerprint density at radius 2 is 2.11 bits per heavy atom. The predicted octanol–water partition coefficient (Wildman–Crippen LogP) is 2.12. The summed E-state index contributed by atoms with van der Waals surface area (Å²) < 4.78 is 5.56. The zero-order chi connectivity index (χ0) is 13.3. The molecule has 0 aromatic carbocycles. The summed E-state index contributed by atoms with van der Waals surface area (Å²) in [7, 11) is 1.85. The molecule has 0 spiro atoms. The van der Waals surface area contributed by atoms with Gasteiger partial charge in [0.25, 0.3) is 0 Å². The quantitative estimate of drug-likeness (QED) is 0.813. The van der Waals surface area contributed by atoms with Crippen molar-refractivity contribution >= 4 is 0 Å². The summed E-state index contributed by atoms with van der Waals surface area (Å²) in [5.74, 6) is 0.838. The molecular weight excluding hydrogens is 224 g/mol. The summed E-state index contributed by atoms with van der Waals surface area (Å²) in [5.41, 5.74) is 0.328. The van der Waals surface area contributed by atoms with Gasteiger partial charge in [-0.25, -0.2) is 0 Å². The molecule has 1 heterocycles. The lowest BCUT2D eigenvalue weighted by Crippen LogP contribution is -2.61. The van der Waals surface area contributed by atoms with E-state index in [0.717, 1.165) is 12.0 Å². The molecule has 1 saturated heterocycles. The number of methoxy groups -OCH3 is 1. The molecule has 0 aromatic heterocycles. The van der Waals surface area contributed by atoms with E-state index in [1.807, 2.05) is 7.11 Å². The smallest absolute Gasteiger partial charge is 0.0652 e. The number of hydrogen-bond acceptors (Lipinski definition) is 3. The van der Waals surface area contributed by atoms with Gasteiger partial charge in [-0.1, -0.05) is 27.7 Å². The highest BCUT2D eigenvalue weighted by molar-refractivity contribution is 5.05. The maximum absolute atomic E-state index is 5.56. The molecule has 0 radical (unpaired) electrons. The maximum Gasteiger partial charge on any atom is 0.0652 e. The van der Waals surface area contributed by atoms with E-state index in [4.69, 9.17) is 4.74 Å². The Kier molecular flexibility index (Phi) is 4.35. The van der Waals surface area contributed by atoms with E-state index in [9.17, 15) is 0 Å². The van der Waals surface area contributed by atoms with Crippen molar-refractivity contribution in [3.05, 3.63) is 0 Å². The SMILES string of the molecule is COC1CC(N2CCC(CNC(C)C)C2)C1(C)C. The number of nitrogens with one attached hydrogen (secondary N) is 1. The third-order valence-electron chi connectivity index (χ3n) is 4.98. The van der Waals surface area contributed by atoms with Crippen LogP contribution in [0.15, 0.2) is 0 Å². The first kappa shape index (κ1) is 14.3. The lowest BCUT2D eigenvalue weighted by atomic mass is 9.64. The monoisotopic (exact) mass is 254 g/mol. The van der Waals surface area contributed by atoms with Gasteiger partial charge in [0.05, 0.1) is 6.10 Å². The Bertz CT molecular complexity index is 278. The van der Waals surface area contributed by atoms with Gasteiger partial charge in [0.2, 0.25) is 0 Å². The molecule has 2 aliphatic rings. The third kappa shape index (κ3) is 2.73. The second-order valence-corrected chi connectivity index (χ2v) is 7.01. The van der Waals surface area contributed by atoms with Crippen LogP contribution in [0, 0.1) is 11.3 Å². The van der Waals surface area contributed by atoms with Crippen LogP contribution in [0.4, 0.5) is 0 Å². The number of likely N-dealkylation sites (tertiary alicyclic amines) is 1. The van der Waals surface area contributed by atoms with Gasteiger partial charge in [0.1, 0.15) is 0 Å². The first-order valence-electron chi connectivity index (χ1n) is 7.45. The largest absolute Gasteiger partial charge is 0.381 e. The summed E-state index contributed by atoms with van der Waals surface area (Å²) >= 11 is 0. The van der Waals surface area contributed by atoms with Gasteiger partial charge in [-0.15, -0.1) is 0 Å². The minimum atomic E-state index is 0.328. The molecule has 3 heteroatoms. The molecule has 0 amide bonds. The average Bonchev–Trinajstić information content (AvgIpc) is 2.74. The van der Waals surface area contributed by atoms with Crippen LogP contribution in [0.3, 0.4) is 0 Å². The van der Waals surface area contributed by atoms with E-state index in [2.05, 4.69) is 37.9 Å². The van der Waals surface area contributed by atoms with Crippen molar-refractivity contribution in [2.45, 2.75) is 58.7 Å². The second-order valence-electron chi connectivity index (χ2n) is 7.01. The van der Waals surface area contributed by atoms with E-state index < -0.39 is 0 Å². The Balaban J connectivity index is 1.80. The predicted molar refractivity (Wildman–Crippen MR) is 75.8 cm³/mol. The molecule has 0 bridgehead atoms. The van der Waals surface area contributed by atoms with Crippen LogP contribution in [0.25, 0.3) is 0 Å². The van der Waals surface area contributed by atoms with Crippen LogP contribution in [0.2, 0.25) is 0 Å². The van der Waals surface area contributed by atoms with Gasteiger partial charge in [-0.3, -0.25) is 4.90 Å². The number of ether oxygens (including phenoxy) is 1. The van der Waals surface area contributed by atoms with Crippen molar-refractivity contribution in [2.24, 2.45) is 11.3 Å². The summed E-state index contributed by atoms with van der Waals surface area (Å²) in [6, 6.07) is 1.34.